The van der Waals surface area contributed by atoms with Crippen molar-refractivity contribution in [3.8, 4) is 5.75 Å². The highest BCUT2D eigenvalue weighted by Gasteiger charge is 2.32. The van der Waals surface area contributed by atoms with E-state index in [0.29, 0.717) is 26.0 Å². The zero-order chi connectivity index (χ0) is 16.9. The van der Waals surface area contributed by atoms with Crippen LogP contribution < -0.4 is 10.1 Å². The molecule has 0 aromatic heterocycles. The van der Waals surface area contributed by atoms with Gasteiger partial charge in [-0.25, -0.2) is 0 Å². The number of nitrogens with one attached hydrogen (secondary N) is 1. The summed E-state index contributed by atoms with van der Waals surface area (Å²) in [5.74, 6) is 0.801. The van der Waals surface area contributed by atoms with Gasteiger partial charge < -0.3 is 15.0 Å². The van der Waals surface area contributed by atoms with Crippen LogP contribution in [0.2, 0.25) is 0 Å². The van der Waals surface area contributed by atoms with Gasteiger partial charge in [0.25, 0.3) is 0 Å². The Morgan fingerprint density at radius 3 is 2.65 bits per heavy atom. The Hall–Kier alpha value is -2.04. The maximum Gasteiger partial charge on any atom is 0.224 e. The van der Waals surface area contributed by atoms with Crippen LogP contribution >= 0.6 is 0 Å². The second-order valence-corrected chi connectivity index (χ2v) is 7.21. The molecule has 1 unspecified atom stereocenters. The highest BCUT2D eigenvalue weighted by atomic mass is 16.5. The molecule has 1 saturated heterocycles. The summed E-state index contributed by atoms with van der Waals surface area (Å²) in [6.07, 6.45) is 0.681. The molecule has 1 fully saturated rings. The molecule has 1 heterocycles. The molecule has 1 aliphatic heterocycles. The lowest BCUT2D eigenvalue weighted by molar-refractivity contribution is -0.128. The highest BCUT2D eigenvalue weighted by molar-refractivity contribution is 5.82. The zero-order valence-electron chi connectivity index (χ0n) is 14.2. The average molecular weight is 318 g/mol. The summed E-state index contributed by atoms with van der Waals surface area (Å²) >= 11 is 0. The minimum Gasteiger partial charge on any atom is -0.493 e. The SMILES string of the molecule is CC(C)(C)CN1CC(NC(=O)CCOc2ccccc2)CC1=O. The van der Waals surface area contributed by atoms with Crippen molar-refractivity contribution >= 4 is 11.8 Å². The van der Waals surface area contributed by atoms with Crippen molar-refractivity contribution in [2.45, 2.75) is 39.7 Å². The predicted octanol–water partition coefficient (Wildman–Crippen LogP) is 2.22. The van der Waals surface area contributed by atoms with E-state index in [9.17, 15) is 9.59 Å². The van der Waals surface area contributed by atoms with Gasteiger partial charge in [0.1, 0.15) is 5.75 Å². The largest absolute Gasteiger partial charge is 0.493 e. The summed E-state index contributed by atoms with van der Waals surface area (Å²) in [5.41, 5.74) is 0.0675. The van der Waals surface area contributed by atoms with E-state index in [-0.39, 0.29) is 23.3 Å². The minimum atomic E-state index is -0.0888. The van der Waals surface area contributed by atoms with Gasteiger partial charge in [-0.05, 0) is 17.5 Å². The van der Waals surface area contributed by atoms with Crippen molar-refractivity contribution in [2.75, 3.05) is 19.7 Å². The molecule has 2 rings (SSSR count). The average Bonchev–Trinajstić information content (AvgIpc) is 2.77. The third-order valence-corrected chi connectivity index (χ3v) is 3.59. The van der Waals surface area contributed by atoms with E-state index in [1.165, 1.54) is 0 Å². The molecule has 1 aromatic rings. The van der Waals surface area contributed by atoms with Crippen molar-refractivity contribution in [2.24, 2.45) is 5.41 Å². The predicted molar refractivity (Wildman–Crippen MR) is 89.1 cm³/mol. The molecule has 0 aliphatic carbocycles. The fourth-order valence-electron chi connectivity index (χ4n) is 2.67. The van der Waals surface area contributed by atoms with Crippen molar-refractivity contribution in [3.63, 3.8) is 0 Å². The number of rotatable bonds is 6. The summed E-state index contributed by atoms with van der Waals surface area (Å²) in [6.45, 7) is 7.96. The topological polar surface area (TPSA) is 58.6 Å². The van der Waals surface area contributed by atoms with Crippen LogP contribution in [0.15, 0.2) is 30.3 Å². The van der Waals surface area contributed by atoms with Crippen LogP contribution in [0.5, 0.6) is 5.75 Å². The second-order valence-electron chi connectivity index (χ2n) is 7.21. The Morgan fingerprint density at radius 2 is 2.00 bits per heavy atom. The number of amides is 2. The van der Waals surface area contributed by atoms with Gasteiger partial charge in [-0.15, -0.1) is 0 Å². The molecule has 1 N–H and O–H groups in total. The van der Waals surface area contributed by atoms with Crippen LogP contribution in [0.3, 0.4) is 0 Å². The third-order valence-electron chi connectivity index (χ3n) is 3.59. The van der Waals surface area contributed by atoms with Crippen molar-refractivity contribution in [1.29, 1.82) is 0 Å². The second kappa shape index (κ2) is 7.49. The number of hydrogen-bond acceptors (Lipinski definition) is 3. The maximum absolute atomic E-state index is 12.0. The first-order valence-corrected chi connectivity index (χ1v) is 8.08. The van der Waals surface area contributed by atoms with E-state index in [1.54, 1.807) is 0 Å². The van der Waals surface area contributed by atoms with Crippen molar-refractivity contribution in [3.05, 3.63) is 30.3 Å². The van der Waals surface area contributed by atoms with Gasteiger partial charge in [0.05, 0.1) is 19.1 Å². The van der Waals surface area contributed by atoms with Gasteiger partial charge in [-0.3, -0.25) is 9.59 Å². The van der Waals surface area contributed by atoms with Gasteiger partial charge in [-0.1, -0.05) is 39.0 Å². The lowest BCUT2D eigenvalue weighted by atomic mass is 9.96. The number of carbonyl (C=O) groups excluding carboxylic acids is 2. The lowest BCUT2D eigenvalue weighted by Gasteiger charge is -2.26. The molecule has 1 aromatic carbocycles. The molecule has 0 spiro atoms. The molecule has 0 radical (unpaired) electrons. The number of likely N-dealkylation sites (tertiary alicyclic amines) is 1. The number of hydrogen-bond donors (Lipinski definition) is 1. The molecule has 23 heavy (non-hydrogen) atoms. The summed E-state index contributed by atoms with van der Waals surface area (Å²) in [6, 6.07) is 9.33. The van der Waals surface area contributed by atoms with Crippen molar-refractivity contribution in [1.82, 2.24) is 10.2 Å². The van der Waals surface area contributed by atoms with Gasteiger partial charge in [0, 0.05) is 19.5 Å². The standard InChI is InChI=1S/C18H26N2O3/c1-18(2,3)13-20-12-14(11-17(20)22)19-16(21)9-10-23-15-7-5-4-6-8-15/h4-8,14H,9-13H2,1-3H3,(H,19,21). The molecule has 1 atom stereocenters. The van der Waals surface area contributed by atoms with Crippen LogP contribution in [-0.2, 0) is 9.59 Å². The molecule has 126 valence electrons. The van der Waals surface area contributed by atoms with E-state index in [1.807, 2.05) is 35.2 Å². The van der Waals surface area contributed by atoms with E-state index in [4.69, 9.17) is 4.74 Å². The monoisotopic (exact) mass is 318 g/mol. The van der Waals surface area contributed by atoms with Gasteiger partial charge >= 0.3 is 0 Å². The fraction of sp³-hybridized carbons (Fsp3) is 0.556. The molecule has 0 saturated carbocycles. The Balaban J connectivity index is 1.70. The molecular weight excluding hydrogens is 292 g/mol. The number of nitrogens with zero attached hydrogens (tertiary/aromatic N) is 1. The minimum absolute atomic E-state index is 0.0675. The molecule has 1 aliphatic rings. The molecule has 0 bridgehead atoms. The number of carbonyl (C=O) groups is 2. The fourth-order valence-corrected chi connectivity index (χ4v) is 2.67. The number of ether oxygens (including phenoxy) is 1. The van der Waals surface area contributed by atoms with Crippen molar-refractivity contribution < 1.29 is 14.3 Å². The quantitative estimate of drug-likeness (QED) is 0.875. The molecule has 5 nitrogen and oxygen atoms in total. The zero-order valence-corrected chi connectivity index (χ0v) is 14.2. The van der Waals surface area contributed by atoms with Crippen LogP contribution in [0.1, 0.15) is 33.6 Å². The Labute approximate surface area is 138 Å². The smallest absolute Gasteiger partial charge is 0.224 e. The first-order valence-electron chi connectivity index (χ1n) is 8.08. The normalized spacial score (nSPS) is 18.1. The first-order chi connectivity index (χ1) is 10.8. The Morgan fingerprint density at radius 1 is 1.30 bits per heavy atom. The van der Waals surface area contributed by atoms with E-state index in [0.717, 1.165) is 12.3 Å². The maximum atomic E-state index is 12.0. The Bertz CT molecular complexity index is 537. The van der Waals surface area contributed by atoms with E-state index >= 15 is 0 Å². The Kier molecular flexibility index (Phi) is 5.64. The summed E-state index contributed by atoms with van der Waals surface area (Å²) in [4.78, 5) is 25.8. The molecule has 2 amide bonds. The van der Waals surface area contributed by atoms with Gasteiger partial charge in [-0.2, -0.15) is 0 Å². The number of benzene rings is 1. The summed E-state index contributed by atoms with van der Waals surface area (Å²) < 4.78 is 5.51. The van der Waals surface area contributed by atoms with E-state index in [2.05, 4.69) is 26.1 Å². The molecular formula is C18H26N2O3. The van der Waals surface area contributed by atoms with E-state index < -0.39 is 0 Å². The van der Waals surface area contributed by atoms with Crippen LogP contribution in [0.25, 0.3) is 0 Å². The first kappa shape index (κ1) is 17.3. The van der Waals surface area contributed by atoms with Crippen LogP contribution in [0.4, 0.5) is 0 Å². The van der Waals surface area contributed by atoms with Gasteiger partial charge in [0.2, 0.25) is 11.8 Å². The summed E-state index contributed by atoms with van der Waals surface area (Å²) in [7, 11) is 0. The summed E-state index contributed by atoms with van der Waals surface area (Å²) in [5, 5.41) is 2.93. The third kappa shape index (κ3) is 5.93. The van der Waals surface area contributed by atoms with Crippen LogP contribution in [-0.4, -0.2) is 42.5 Å². The highest BCUT2D eigenvalue weighted by Crippen LogP contribution is 2.20. The molecule has 5 heteroatoms. The van der Waals surface area contributed by atoms with Gasteiger partial charge in [0.15, 0.2) is 0 Å². The lowest BCUT2D eigenvalue weighted by Crippen LogP contribution is -2.39. The number of para-hydroxylation sites is 1. The van der Waals surface area contributed by atoms with Crippen LogP contribution in [0, 0.1) is 5.41 Å².